The van der Waals surface area contributed by atoms with Gasteiger partial charge in [-0.2, -0.15) is 0 Å². The molecule has 6 heterocycles. The second-order valence-electron chi connectivity index (χ2n) is 16.3. The number of anilines is 2. The van der Waals surface area contributed by atoms with Crippen LogP contribution < -0.4 is 19.3 Å². The van der Waals surface area contributed by atoms with Gasteiger partial charge in [-0.05, 0) is 59.7 Å². The number of pyridine rings is 2. The van der Waals surface area contributed by atoms with E-state index in [1.807, 2.05) is 0 Å². The maximum absolute atomic E-state index is 15.5. The number of fused-ring (bicyclic) bond motifs is 2. The van der Waals surface area contributed by atoms with Gasteiger partial charge in [0.1, 0.15) is 46.5 Å². The van der Waals surface area contributed by atoms with E-state index >= 15 is 26.3 Å². The van der Waals surface area contributed by atoms with Crippen LogP contribution in [0.25, 0.3) is 44.1 Å². The molecular formula is C51H44Cl2F6N8O6. The average molecular weight is 1050 g/mol. The monoisotopic (exact) mass is 1050 g/mol. The fourth-order valence-electron chi connectivity index (χ4n) is 8.46. The van der Waals surface area contributed by atoms with Crippen molar-refractivity contribution in [2.45, 2.75) is 19.6 Å². The lowest BCUT2D eigenvalue weighted by Gasteiger charge is -2.29. The molecule has 2 saturated heterocycles. The van der Waals surface area contributed by atoms with Crippen LogP contribution in [-0.2, 0) is 9.47 Å². The molecule has 0 amide bonds. The number of aliphatic hydroxyl groups excluding tert-OH is 2. The number of hydrogen-bond acceptors (Lipinski definition) is 14. The van der Waals surface area contributed by atoms with E-state index in [4.69, 9.17) is 42.1 Å². The molecule has 0 aliphatic carbocycles. The summed E-state index contributed by atoms with van der Waals surface area (Å²) in [6.07, 6.45) is -0.166. The first-order valence-corrected chi connectivity index (χ1v) is 22.8. The fraction of sp³-hybridized carbons (Fsp3) is 0.255. The number of aromatic nitrogens is 6. The molecule has 0 spiro atoms. The molecule has 0 unspecified atom stereocenters. The Balaban J connectivity index is 0.000000192. The number of methoxy groups -OCH3 is 2. The minimum absolute atomic E-state index is 0. The third-order valence-corrected chi connectivity index (χ3v) is 12.8. The number of ether oxygens (including phenoxy) is 4. The largest absolute Gasteiger partial charge is 0.480 e. The average Bonchev–Trinajstić information content (AvgIpc) is 3.40. The molecule has 2 N–H and O–H groups in total. The maximum atomic E-state index is 15.5. The predicted molar refractivity (Wildman–Crippen MR) is 262 cm³/mol. The fourth-order valence-corrected chi connectivity index (χ4v) is 8.97. The highest BCUT2D eigenvalue weighted by molar-refractivity contribution is 6.32. The molecule has 2 atom stereocenters. The van der Waals surface area contributed by atoms with E-state index in [1.54, 1.807) is 9.80 Å². The first-order chi connectivity index (χ1) is 34.8. The third kappa shape index (κ3) is 10.5. The minimum Gasteiger partial charge on any atom is -0.480 e. The second-order valence-corrected chi connectivity index (χ2v) is 17.1. The summed E-state index contributed by atoms with van der Waals surface area (Å²) in [5, 5.41) is 36.7. The van der Waals surface area contributed by atoms with E-state index in [1.165, 1.54) is 75.1 Å². The van der Waals surface area contributed by atoms with E-state index in [0.29, 0.717) is 52.6 Å². The smallest absolute Gasteiger partial charge is 0.233 e. The van der Waals surface area contributed by atoms with Gasteiger partial charge in [0.2, 0.25) is 11.8 Å². The molecule has 380 valence electrons. The van der Waals surface area contributed by atoms with Crippen LogP contribution in [0, 0.1) is 34.9 Å². The molecule has 0 saturated carbocycles. The molecule has 22 heteroatoms. The first-order valence-electron chi connectivity index (χ1n) is 22.1. The highest BCUT2D eigenvalue weighted by Crippen LogP contribution is 2.42. The van der Waals surface area contributed by atoms with E-state index in [2.05, 4.69) is 30.4 Å². The Morgan fingerprint density at radius 3 is 1.25 bits per heavy atom. The van der Waals surface area contributed by atoms with Gasteiger partial charge in [0.15, 0.2) is 11.6 Å². The van der Waals surface area contributed by atoms with Crippen molar-refractivity contribution in [2.75, 3.05) is 76.6 Å². The van der Waals surface area contributed by atoms with Gasteiger partial charge < -0.3 is 39.0 Å². The number of hydrogen-bond donors (Lipinski definition) is 2. The molecule has 0 bridgehead atoms. The van der Waals surface area contributed by atoms with Crippen LogP contribution in [0.1, 0.15) is 42.1 Å². The van der Waals surface area contributed by atoms with Crippen molar-refractivity contribution < 1.29 is 55.5 Å². The molecule has 4 aromatic heterocycles. The normalized spacial score (nSPS) is 14.6. The lowest BCUT2D eigenvalue weighted by molar-refractivity contribution is 0.122. The topological polar surface area (TPSA) is 161 Å². The first kappa shape index (κ1) is 52.4. The highest BCUT2D eigenvalue weighted by Gasteiger charge is 2.28. The van der Waals surface area contributed by atoms with Gasteiger partial charge >= 0.3 is 0 Å². The molecule has 14 nitrogen and oxygen atoms in total. The van der Waals surface area contributed by atoms with Crippen LogP contribution in [-0.4, -0.2) is 107 Å². The summed E-state index contributed by atoms with van der Waals surface area (Å²) in [6.45, 7) is 3.20. The van der Waals surface area contributed by atoms with Gasteiger partial charge in [0, 0.05) is 106 Å². The number of morpholine rings is 2. The minimum atomic E-state index is -1.36. The zero-order valence-electron chi connectivity index (χ0n) is 38.0. The van der Waals surface area contributed by atoms with E-state index in [-0.39, 0.29) is 107 Å². The summed E-state index contributed by atoms with van der Waals surface area (Å²) >= 11 is 12.5. The lowest BCUT2D eigenvalue weighted by atomic mass is 9.95. The lowest BCUT2D eigenvalue weighted by Crippen LogP contribution is -2.36. The van der Waals surface area contributed by atoms with Crippen molar-refractivity contribution in [2.24, 2.45) is 0 Å². The summed E-state index contributed by atoms with van der Waals surface area (Å²) in [5.41, 5.74) is 0.146. The highest BCUT2D eigenvalue weighted by atomic mass is 35.5. The quantitative estimate of drug-likeness (QED) is 0.125. The molecule has 2 fully saturated rings. The molecule has 0 radical (unpaired) electrons. The van der Waals surface area contributed by atoms with Gasteiger partial charge in [-0.15, -0.1) is 20.4 Å². The number of aliphatic hydroxyl groups is 2. The third-order valence-electron chi connectivity index (χ3n) is 12.1. The zero-order chi connectivity index (χ0) is 50.8. The summed E-state index contributed by atoms with van der Waals surface area (Å²) in [7, 11) is 2.85. The second kappa shape index (κ2) is 22.4. The molecule has 2 aliphatic rings. The number of nitrogens with zero attached hydrogens (tertiary/aromatic N) is 8. The van der Waals surface area contributed by atoms with Crippen LogP contribution in [0.3, 0.4) is 0 Å². The van der Waals surface area contributed by atoms with Crippen molar-refractivity contribution in [1.29, 1.82) is 0 Å². The van der Waals surface area contributed by atoms with Crippen molar-refractivity contribution in [3.8, 4) is 34.0 Å². The molecule has 10 rings (SSSR count). The number of halogens is 8. The molecule has 73 heavy (non-hydrogen) atoms. The van der Waals surface area contributed by atoms with Crippen molar-refractivity contribution >= 4 is 56.4 Å². The Morgan fingerprint density at radius 1 is 0.521 bits per heavy atom. The van der Waals surface area contributed by atoms with Gasteiger partial charge in [-0.25, -0.2) is 26.3 Å². The van der Waals surface area contributed by atoms with Crippen LogP contribution in [0.2, 0.25) is 10.0 Å². The van der Waals surface area contributed by atoms with Gasteiger partial charge in [0.05, 0.1) is 63.4 Å². The van der Waals surface area contributed by atoms with Crippen LogP contribution >= 0.6 is 23.2 Å². The van der Waals surface area contributed by atoms with E-state index in [0.717, 1.165) is 24.3 Å². The summed E-state index contributed by atoms with van der Waals surface area (Å²) in [6, 6.07) is 15.5. The van der Waals surface area contributed by atoms with Gasteiger partial charge in [0.25, 0.3) is 0 Å². The summed E-state index contributed by atoms with van der Waals surface area (Å²) in [5.74, 6) is -4.00. The van der Waals surface area contributed by atoms with Gasteiger partial charge in [-0.1, -0.05) is 30.6 Å². The Morgan fingerprint density at radius 2 is 0.904 bits per heavy atom. The Kier molecular flexibility index (Phi) is 16.1. The van der Waals surface area contributed by atoms with Crippen molar-refractivity contribution in [3.05, 3.63) is 153 Å². The molecule has 8 aromatic rings. The van der Waals surface area contributed by atoms with Gasteiger partial charge in [-0.3, -0.25) is 9.97 Å². The van der Waals surface area contributed by atoms with E-state index < -0.39 is 47.1 Å². The van der Waals surface area contributed by atoms with E-state index in [9.17, 15) is 10.2 Å². The SMILES string of the molecule is C.COc1ccc([C@@H](O)c2cc(-c3ccnc4c(F)c(N5CCOCC5)cc(F)c34)c(F)cc2Cl)nn1.COc1ccc([C@H](O)c2cc(-c3ccnc4c(F)c(N5CCOCC5)cc(F)c34)c(F)cc2Cl)nn1. The molecule has 4 aromatic carbocycles. The summed E-state index contributed by atoms with van der Waals surface area (Å²) < 4.78 is 113. The maximum Gasteiger partial charge on any atom is 0.233 e. The van der Waals surface area contributed by atoms with Crippen molar-refractivity contribution in [1.82, 2.24) is 30.4 Å². The van der Waals surface area contributed by atoms with Crippen LogP contribution in [0.5, 0.6) is 11.8 Å². The number of rotatable bonds is 10. The standard InChI is InChI=1S/2C25H20ClF3N4O3.CH4/c2*1-35-21-3-2-19(31-32-21)25(34)15-10-14(17(27)11-16(15)26)13-4-5-30-24-22(13)18(28)12-20(23(24)29)33-6-8-36-9-7-33;/h2*2-5,10-12,25,34H,6-9H2,1H3;1H4/t2*25-;/m10./s1. The summed E-state index contributed by atoms with van der Waals surface area (Å²) in [4.78, 5) is 11.5. The zero-order valence-corrected chi connectivity index (χ0v) is 39.5. The van der Waals surface area contributed by atoms with Crippen molar-refractivity contribution in [3.63, 3.8) is 0 Å². The molecular weight excluding hydrogens is 1010 g/mol. The number of benzene rings is 4. The Labute approximate surface area is 423 Å². The Bertz CT molecular complexity index is 3080. The van der Waals surface area contributed by atoms with Crippen LogP contribution in [0.15, 0.2) is 85.2 Å². The Hall–Kier alpha value is -6.94. The van der Waals surface area contributed by atoms with Crippen LogP contribution in [0.4, 0.5) is 37.7 Å². The molecule has 2 aliphatic heterocycles. The predicted octanol–water partition coefficient (Wildman–Crippen LogP) is 10.0.